The predicted molar refractivity (Wildman–Crippen MR) is 101 cm³/mol. The van der Waals surface area contributed by atoms with E-state index in [9.17, 15) is 10.1 Å². The molecule has 1 N–H and O–H groups in total. The summed E-state index contributed by atoms with van der Waals surface area (Å²) in [5.41, 5.74) is 2.36. The van der Waals surface area contributed by atoms with Crippen molar-refractivity contribution in [2.45, 2.75) is 0 Å². The number of pyridine rings is 1. The molecule has 0 radical (unpaired) electrons. The van der Waals surface area contributed by atoms with Gasteiger partial charge in [-0.25, -0.2) is 4.98 Å². The van der Waals surface area contributed by atoms with E-state index in [1.807, 2.05) is 6.07 Å². The summed E-state index contributed by atoms with van der Waals surface area (Å²) >= 11 is 0. The Morgan fingerprint density at radius 3 is 2.93 bits per heavy atom. The summed E-state index contributed by atoms with van der Waals surface area (Å²) < 4.78 is 10.5. The molecule has 1 aromatic carbocycles. The van der Waals surface area contributed by atoms with Crippen molar-refractivity contribution in [3.05, 3.63) is 47.7 Å². The Bertz CT molecular complexity index is 841. The van der Waals surface area contributed by atoms with Crippen LogP contribution < -0.4 is 10.1 Å². The van der Waals surface area contributed by atoms with Crippen LogP contribution in [0.1, 0.15) is 15.9 Å². The Morgan fingerprint density at radius 1 is 1.37 bits per heavy atom. The fraction of sp³-hybridized carbons (Fsp3) is 0.350. The number of hydrogen-bond acceptors (Lipinski definition) is 6. The van der Waals surface area contributed by atoms with Gasteiger partial charge in [-0.15, -0.1) is 0 Å². The molecule has 1 aromatic heterocycles. The number of aromatic nitrogens is 1. The lowest BCUT2D eigenvalue weighted by molar-refractivity contribution is 0.0383. The highest BCUT2D eigenvalue weighted by molar-refractivity contribution is 5.95. The molecule has 0 spiro atoms. The van der Waals surface area contributed by atoms with Crippen molar-refractivity contribution in [1.82, 2.24) is 15.2 Å². The third kappa shape index (κ3) is 4.61. The lowest BCUT2D eigenvalue weighted by atomic mass is 10.00. The fourth-order valence-electron chi connectivity index (χ4n) is 3.03. The molecule has 0 aliphatic carbocycles. The van der Waals surface area contributed by atoms with Crippen molar-refractivity contribution < 1.29 is 14.3 Å². The molecule has 0 atom stereocenters. The van der Waals surface area contributed by atoms with Crippen LogP contribution in [-0.4, -0.2) is 62.3 Å². The number of nitrogens with one attached hydrogen (secondary N) is 1. The van der Waals surface area contributed by atoms with Crippen LogP contribution in [0.25, 0.3) is 11.1 Å². The average molecular weight is 366 g/mol. The largest absolute Gasteiger partial charge is 0.480 e. The van der Waals surface area contributed by atoms with E-state index in [-0.39, 0.29) is 11.8 Å². The van der Waals surface area contributed by atoms with Crippen molar-refractivity contribution in [2.75, 3.05) is 46.5 Å². The monoisotopic (exact) mass is 366 g/mol. The zero-order chi connectivity index (χ0) is 19.1. The molecule has 2 aromatic rings. The lowest BCUT2D eigenvalue weighted by Crippen LogP contribution is -2.41. The summed E-state index contributed by atoms with van der Waals surface area (Å²) in [6.07, 6.45) is 1.59. The standard InChI is InChI=1S/C20H22N4O3/c1-26-20-18(14-21)17(5-6-23-20)15-3-2-4-16(13-15)19(25)22-7-8-24-9-11-27-12-10-24/h2-6,13H,7-12H2,1H3,(H,22,25). The Balaban J connectivity index is 1.70. The molecule has 0 saturated carbocycles. The van der Waals surface area contributed by atoms with Crippen molar-refractivity contribution >= 4 is 5.91 Å². The van der Waals surface area contributed by atoms with Gasteiger partial charge in [0.15, 0.2) is 0 Å². The van der Waals surface area contributed by atoms with Crippen LogP contribution in [-0.2, 0) is 4.74 Å². The summed E-state index contributed by atoms with van der Waals surface area (Å²) in [6, 6.07) is 11.1. The van der Waals surface area contributed by atoms with Crippen LogP contribution >= 0.6 is 0 Å². The fourth-order valence-corrected chi connectivity index (χ4v) is 3.03. The van der Waals surface area contributed by atoms with Crippen molar-refractivity contribution in [3.8, 4) is 23.1 Å². The second kappa shape index (κ2) is 9.12. The van der Waals surface area contributed by atoms with E-state index in [0.29, 0.717) is 23.2 Å². The number of rotatable bonds is 6. The Morgan fingerprint density at radius 2 is 2.19 bits per heavy atom. The molecule has 1 amide bonds. The lowest BCUT2D eigenvalue weighted by Gasteiger charge is -2.26. The number of nitriles is 1. The number of amides is 1. The zero-order valence-electron chi connectivity index (χ0n) is 15.3. The van der Waals surface area contributed by atoms with Crippen molar-refractivity contribution in [3.63, 3.8) is 0 Å². The first-order valence-corrected chi connectivity index (χ1v) is 8.84. The quantitative estimate of drug-likeness (QED) is 0.837. The summed E-state index contributed by atoms with van der Waals surface area (Å²) in [6.45, 7) is 4.65. The molecule has 27 heavy (non-hydrogen) atoms. The maximum Gasteiger partial charge on any atom is 0.251 e. The van der Waals surface area contributed by atoms with Crippen LogP contribution in [0.2, 0.25) is 0 Å². The van der Waals surface area contributed by atoms with Crippen LogP contribution in [0.15, 0.2) is 36.5 Å². The number of benzene rings is 1. The van der Waals surface area contributed by atoms with Gasteiger partial charge in [-0.2, -0.15) is 5.26 Å². The smallest absolute Gasteiger partial charge is 0.251 e. The number of hydrogen-bond donors (Lipinski definition) is 1. The molecule has 0 bridgehead atoms. The second-order valence-electron chi connectivity index (χ2n) is 6.15. The third-order valence-corrected chi connectivity index (χ3v) is 4.47. The summed E-state index contributed by atoms with van der Waals surface area (Å²) in [5.74, 6) is 0.139. The van der Waals surface area contributed by atoms with Gasteiger partial charge in [0, 0.05) is 43.5 Å². The van der Waals surface area contributed by atoms with Crippen molar-refractivity contribution in [1.29, 1.82) is 5.26 Å². The Labute approximate surface area is 158 Å². The highest BCUT2D eigenvalue weighted by atomic mass is 16.5. The van der Waals surface area contributed by atoms with Gasteiger partial charge in [-0.1, -0.05) is 12.1 Å². The Kier molecular flexibility index (Phi) is 6.36. The summed E-state index contributed by atoms with van der Waals surface area (Å²) in [4.78, 5) is 18.8. The van der Waals surface area contributed by atoms with Crippen molar-refractivity contribution in [2.24, 2.45) is 0 Å². The SMILES string of the molecule is COc1nccc(-c2cccc(C(=O)NCCN3CCOCC3)c2)c1C#N. The molecule has 7 nitrogen and oxygen atoms in total. The number of carbonyl (C=O) groups is 1. The highest BCUT2D eigenvalue weighted by Crippen LogP contribution is 2.28. The van der Waals surface area contributed by atoms with Gasteiger partial charge in [-0.05, 0) is 23.8 Å². The predicted octanol–water partition coefficient (Wildman–Crippen LogP) is 1.69. The van der Waals surface area contributed by atoms with Gasteiger partial charge in [0.1, 0.15) is 11.6 Å². The first kappa shape index (κ1) is 18.8. The zero-order valence-corrected chi connectivity index (χ0v) is 15.3. The third-order valence-electron chi connectivity index (χ3n) is 4.47. The molecule has 1 aliphatic rings. The average Bonchev–Trinajstić information content (AvgIpc) is 2.73. The number of nitrogens with zero attached hydrogens (tertiary/aromatic N) is 3. The molecule has 1 aliphatic heterocycles. The Hall–Kier alpha value is -2.95. The minimum atomic E-state index is -0.135. The minimum absolute atomic E-state index is 0.135. The number of morpholine rings is 1. The normalized spacial score (nSPS) is 14.4. The van der Waals surface area contributed by atoms with E-state index in [1.165, 1.54) is 7.11 Å². The summed E-state index contributed by atoms with van der Waals surface area (Å²) in [5, 5.41) is 12.4. The van der Waals surface area contributed by atoms with Gasteiger partial charge in [0.2, 0.25) is 5.88 Å². The second-order valence-corrected chi connectivity index (χ2v) is 6.15. The molecule has 2 heterocycles. The number of methoxy groups -OCH3 is 1. The molecule has 1 fully saturated rings. The molecule has 7 heteroatoms. The molecular formula is C20H22N4O3. The van der Waals surface area contributed by atoms with Crippen LogP contribution in [0.4, 0.5) is 0 Å². The maximum atomic E-state index is 12.5. The van der Waals surface area contributed by atoms with Gasteiger partial charge in [-0.3, -0.25) is 9.69 Å². The number of carbonyl (C=O) groups excluding carboxylic acids is 1. The topological polar surface area (TPSA) is 87.5 Å². The molecular weight excluding hydrogens is 344 g/mol. The van der Waals surface area contributed by atoms with Gasteiger partial charge in [0.25, 0.3) is 5.91 Å². The van der Waals surface area contributed by atoms with Crippen LogP contribution in [0.3, 0.4) is 0 Å². The van der Waals surface area contributed by atoms with Crippen LogP contribution in [0.5, 0.6) is 5.88 Å². The molecule has 140 valence electrons. The van der Waals surface area contributed by atoms with E-state index in [4.69, 9.17) is 9.47 Å². The molecule has 0 unspecified atom stereocenters. The van der Waals surface area contributed by atoms with E-state index in [2.05, 4.69) is 21.3 Å². The van der Waals surface area contributed by atoms with E-state index in [1.54, 1.807) is 30.5 Å². The minimum Gasteiger partial charge on any atom is -0.480 e. The highest BCUT2D eigenvalue weighted by Gasteiger charge is 2.14. The van der Waals surface area contributed by atoms with E-state index >= 15 is 0 Å². The van der Waals surface area contributed by atoms with Gasteiger partial charge >= 0.3 is 0 Å². The molecule has 3 rings (SSSR count). The van der Waals surface area contributed by atoms with E-state index < -0.39 is 0 Å². The van der Waals surface area contributed by atoms with Gasteiger partial charge < -0.3 is 14.8 Å². The molecule has 1 saturated heterocycles. The number of ether oxygens (including phenoxy) is 2. The summed E-state index contributed by atoms with van der Waals surface area (Å²) in [7, 11) is 1.48. The maximum absolute atomic E-state index is 12.5. The van der Waals surface area contributed by atoms with E-state index in [0.717, 1.165) is 38.4 Å². The first-order chi connectivity index (χ1) is 13.2. The van der Waals surface area contributed by atoms with Gasteiger partial charge in [0.05, 0.1) is 20.3 Å². The van der Waals surface area contributed by atoms with Crippen LogP contribution in [0, 0.1) is 11.3 Å². The first-order valence-electron chi connectivity index (χ1n) is 8.84.